The number of thioether (sulfide) groups is 1. The Morgan fingerprint density at radius 1 is 1.12 bits per heavy atom. The lowest BCUT2D eigenvalue weighted by molar-refractivity contribution is -0.114. The number of rotatable bonds is 6. The van der Waals surface area contributed by atoms with Gasteiger partial charge in [-0.05, 0) is 36.4 Å². The number of aromatic nitrogens is 3. The van der Waals surface area contributed by atoms with Crippen molar-refractivity contribution in [2.75, 3.05) is 11.1 Å². The van der Waals surface area contributed by atoms with E-state index in [1.54, 1.807) is 11.8 Å². The zero-order valence-corrected chi connectivity index (χ0v) is 14.2. The first-order valence-corrected chi connectivity index (χ1v) is 8.64. The summed E-state index contributed by atoms with van der Waals surface area (Å²) in [6.45, 7) is 2.35. The Morgan fingerprint density at radius 3 is 2.67 bits per heavy atom. The molecule has 1 aromatic carbocycles. The number of hydrogen-bond donors (Lipinski definition) is 1. The molecule has 5 nitrogen and oxygen atoms in total. The highest BCUT2D eigenvalue weighted by Gasteiger charge is 2.06. The average molecular weight is 338 g/mol. The topological polar surface area (TPSA) is 59.8 Å². The molecule has 0 aliphatic carbocycles. The maximum absolute atomic E-state index is 11.1. The van der Waals surface area contributed by atoms with Crippen molar-refractivity contribution in [3.05, 3.63) is 61.1 Å². The van der Waals surface area contributed by atoms with Gasteiger partial charge in [-0.15, -0.1) is 11.8 Å². The molecule has 0 spiro atoms. The van der Waals surface area contributed by atoms with Gasteiger partial charge in [0.25, 0.3) is 0 Å². The number of nitrogens with zero attached hydrogens (tertiary/aromatic N) is 3. The van der Waals surface area contributed by atoms with Crippen molar-refractivity contribution < 1.29 is 4.79 Å². The van der Waals surface area contributed by atoms with Crippen LogP contribution in [-0.2, 0) is 11.3 Å². The standard InChI is InChI=1S/C18H18N4OS/c1-14(23)21-16-7-5-15(6-8-16)18-20-10-11-22(18)12-13-24-17-4-2-3-9-19-17/h2-11H,12-13H2,1H3,(H,21,23). The molecule has 0 aliphatic rings. The molecule has 6 heteroatoms. The van der Waals surface area contributed by atoms with Crippen LogP contribution in [0.25, 0.3) is 11.4 Å². The lowest BCUT2D eigenvalue weighted by atomic mass is 10.2. The molecule has 0 unspecified atom stereocenters. The van der Waals surface area contributed by atoms with Crippen LogP contribution in [0, 0.1) is 0 Å². The minimum atomic E-state index is -0.0733. The van der Waals surface area contributed by atoms with Crippen molar-refractivity contribution in [1.82, 2.24) is 14.5 Å². The van der Waals surface area contributed by atoms with Gasteiger partial charge in [0, 0.05) is 49.1 Å². The lowest BCUT2D eigenvalue weighted by Crippen LogP contribution is -2.05. The highest BCUT2D eigenvalue weighted by molar-refractivity contribution is 7.99. The summed E-state index contributed by atoms with van der Waals surface area (Å²) in [7, 11) is 0. The molecule has 2 heterocycles. The van der Waals surface area contributed by atoms with E-state index >= 15 is 0 Å². The van der Waals surface area contributed by atoms with E-state index in [0.29, 0.717) is 0 Å². The highest BCUT2D eigenvalue weighted by Crippen LogP contribution is 2.21. The second-order valence-electron chi connectivity index (χ2n) is 5.22. The molecule has 2 aromatic heterocycles. The maximum atomic E-state index is 11.1. The molecule has 122 valence electrons. The first kappa shape index (κ1) is 16.3. The maximum Gasteiger partial charge on any atom is 0.221 e. The third-order valence-corrected chi connectivity index (χ3v) is 4.32. The Hall–Kier alpha value is -2.60. The summed E-state index contributed by atoms with van der Waals surface area (Å²) in [4.78, 5) is 19.8. The quantitative estimate of drug-likeness (QED) is 0.696. The molecule has 3 rings (SSSR count). The van der Waals surface area contributed by atoms with Crippen molar-refractivity contribution in [1.29, 1.82) is 0 Å². The number of imidazole rings is 1. The fourth-order valence-corrected chi connectivity index (χ4v) is 3.14. The van der Waals surface area contributed by atoms with Crippen LogP contribution in [0.2, 0.25) is 0 Å². The van der Waals surface area contributed by atoms with Crippen molar-refractivity contribution in [3.63, 3.8) is 0 Å². The third-order valence-electron chi connectivity index (χ3n) is 3.40. The first-order chi connectivity index (χ1) is 11.7. The minimum Gasteiger partial charge on any atom is -0.330 e. The summed E-state index contributed by atoms with van der Waals surface area (Å²) < 4.78 is 2.13. The molecule has 3 aromatic rings. The van der Waals surface area contributed by atoms with E-state index in [4.69, 9.17) is 0 Å². The first-order valence-electron chi connectivity index (χ1n) is 7.65. The molecule has 1 N–H and O–H groups in total. The van der Waals surface area contributed by atoms with Crippen LogP contribution in [0.3, 0.4) is 0 Å². The van der Waals surface area contributed by atoms with Gasteiger partial charge in [-0.2, -0.15) is 0 Å². The molecule has 0 bridgehead atoms. The summed E-state index contributed by atoms with van der Waals surface area (Å²) in [6.07, 6.45) is 5.60. The summed E-state index contributed by atoms with van der Waals surface area (Å²) >= 11 is 1.72. The van der Waals surface area contributed by atoms with Gasteiger partial charge in [0.15, 0.2) is 0 Å². The molecule has 0 aliphatic heterocycles. The Morgan fingerprint density at radius 2 is 1.96 bits per heavy atom. The number of anilines is 1. The number of nitrogens with one attached hydrogen (secondary N) is 1. The monoisotopic (exact) mass is 338 g/mol. The van der Waals surface area contributed by atoms with Gasteiger partial charge in [0.05, 0.1) is 5.03 Å². The van der Waals surface area contributed by atoms with E-state index in [-0.39, 0.29) is 5.91 Å². The molecule has 0 radical (unpaired) electrons. The normalized spacial score (nSPS) is 10.5. The minimum absolute atomic E-state index is 0.0733. The van der Waals surface area contributed by atoms with Gasteiger partial charge in [0.2, 0.25) is 5.91 Å². The van der Waals surface area contributed by atoms with Crippen LogP contribution in [0.4, 0.5) is 5.69 Å². The number of carbonyl (C=O) groups excluding carboxylic acids is 1. The van der Waals surface area contributed by atoms with E-state index in [1.807, 2.05) is 61.1 Å². The second kappa shape index (κ2) is 7.79. The predicted octanol–water partition coefficient (Wildman–Crippen LogP) is 3.70. The molecular formula is C18H18N4OS. The Labute approximate surface area is 145 Å². The van der Waals surface area contributed by atoms with Crippen LogP contribution in [0.1, 0.15) is 6.92 Å². The molecule has 24 heavy (non-hydrogen) atoms. The largest absolute Gasteiger partial charge is 0.330 e. The number of pyridine rings is 1. The lowest BCUT2D eigenvalue weighted by Gasteiger charge is -2.09. The van der Waals surface area contributed by atoms with E-state index < -0.39 is 0 Å². The van der Waals surface area contributed by atoms with Crippen LogP contribution in [0.15, 0.2) is 66.1 Å². The van der Waals surface area contributed by atoms with Crippen molar-refractivity contribution in [2.24, 2.45) is 0 Å². The second-order valence-corrected chi connectivity index (χ2v) is 6.33. The zero-order valence-electron chi connectivity index (χ0n) is 13.3. The van der Waals surface area contributed by atoms with E-state index in [0.717, 1.165) is 34.4 Å². The fourth-order valence-electron chi connectivity index (χ4n) is 2.34. The zero-order chi connectivity index (χ0) is 16.8. The SMILES string of the molecule is CC(=O)Nc1ccc(-c2nccn2CCSc2ccccn2)cc1. The summed E-state index contributed by atoms with van der Waals surface area (Å²) in [5.41, 5.74) is 1.81. The van der Waals surface area contributed by atoms with Crippen LogP contribution in [0.5, 0.6) is 0 Å². The van der Waals surface area contributed by atoms with Crippen LogP contribution in [-0.4, -0.2) is 26.2 Å². The van der Waals surface area contributed by atoms with Crippen LogP contribution < -0.4 is 5.32 Å². The van der Waals surface area contributed by atoms with E-state index in [9.17, 15) is 4.79 Å². The number of benzene rings is 1. The number of amides is 1. The van der Waals surface area contributed by atoms with Crippen molar-refractivity contribution >= 4 is 23.4 Å². The summed E-state index contributed by atoms with van der Waals surface area (Å²) in [5.74, 6) is 1.77. The van der Waals surface area contributed by atoms with Crippen molar-refractivity contribution in [2.45, 2.75) is 18.5 Å². The third kappa shape index (κ3) is 4.23. The summed E-state index contributed by atoms with van der Waals surface area (Å²) in [5, 5.41) is 3.79. The molecule has 0 atom stereocenters. The van der Waals surface area contributed by atoms with Gasteiger partial charge in [-0.25, -0.2) is 9.97 Å². The Bertz CT molecular complexity index is 799. The number of carbonyl (C=O) groups is 1. The average Bonchev–Trinajstić information content (AvgIpc) is 3.04. The molecule has 0 saturated heterocycles. The van der Waals surface area contributed by atoms with E-state index in [2.05, 4.69) is 19.9 Å². The van der Waals surface area contributed by atoms with Gasteiger partial charge in [-0.1, -0.05) is 6.07 Å². The molecule has 1 amide bonds. The van der Waals surface area contributed by atoms with Gasteiger partial charge in [-0.3, -0.25) is 4.79 Å². The Balaban J connectivity index is 1.65. The smallest absolute Gasteiger partial charge is 0.221 e. The number of hydrogen-bond acceptors (Lipinski definition) is 4. The number of aryl methyl sites for hydroxylation is 1. The van der Waals surface area contributed by atoms with E-state index in [1.165, 1.54) is 6.92 Å². The highest BCUT2D eigenvalue weighted by atomic mass is 32.2. The molecule has 0 fully saturated rings. The Kier molecular flexibility index (Phi) is 5.28. The molecule has 0 saturated carbocycles. The fraction of sp³-hybridized carbons (Fsp3) is 0.167. The summed E-state index contributed by atoms with van der Waals surface area (Å²) in [6, 6.07) is 13.6. The van der Waals surface area contributed by atoms with Crippen LogP contribution >= 0.6 is 11.8 Å². The molecular weight excluding hydrogens is 320 g/mol. The predicted molar refractivity (Wildman–Crippen MR) is 96.9 cm³/mol. The van der Waals surface area contributed by atoms with Crippen molar-refractivity contribution in [3.8, 4) is 11.4 Å². The van der Waals surface area contributed by atoms with Gasteiger partial charge >= 0.3 is 0 Å². The van der Waals surface area contributed by atoms with Gasteiger partial charge in [0.1, 0.15) is 5.82 Å². The van der Waals surface area contributed by atoms with Gasteiger partial charge < -0.3 is 9.88 Å².